The number of fused-ring (bicyclic) bond motifs is 1. The van der Waals surface area contributed by atoms with Crippen LogP contribution in [0.5, 0.6) is 0 Å². The van der Waals surface area contributed by atoms with Crippen LogP contribution >= 0.6 is 11.3 Å². The van der Waals surface area contributed by atoms with Crippen molar-refractivity contribution in [2.75, 3.05) is 5.01 Å². The molecule has 0 fully saturated rings. The van der Waals surface area contributed by atoms with Crippen LogP contribution in [-0.2, 0) is 0 Å². The summed E-state index contributed by atoms with van der Waals surface area (Å²) in [6.07, 6.45) is 1.19. The standard InChI is InChI=1S/C25H15FN4O4S/c26-19-10-12-21-22(14-19)35-25(28-21)29(27-15-20-11-13-23(34-20)30(32)33)24(31)18-8-6-17(7-9-18)16-4-2-1-3-5-16/h1-15H/b27-15+. The van der Waals surface area contributed by atoms with Gasteiger partial charge in [0.15, 0.2) is 5.76 Å². The summed E-state index contributed by atoms with van der Waals surface area (Å²) in [5, 5.41) is 16.4. The van der Waals surface area contributed by atoms with Crippen LogP contribution in [-0.4, -0.2) is 22.0 Å². The van der Waals surface area contributed by atoms with Gasteiger partial charge in [-0.25, -0.2) is 9.37 Å². The number of amides is 1. The molecule has 0 saturated carbocycles. The van der Waals surface area contributed by atoms with E-state index in [1.54, 1.807) is 12.1 Å². The Hall–Kier alpha value is -4.70. The number of rotatable bonds is 6. The number of carbonyl (C=O) groups is 1. The SMILES string of the molecule is O=C(c1ccc(-c2ccccc2)cc1)N(/N=C/c1ccc([N+](=O)[O-])o1)c1nc2ccc(F)cc2s1. The van der Waals surface area contributed by atoms with Crippen molar-refractivity contribution in [1.82, 2.24) is 4.98 Å². The van der Waals surface area contributed by atoms with E-state index in [0.29, 0.717) is 15.8 Å². The lowest BCUT2D eigenvalue weighted by Gasteiger charge is -2.14. The van der Waals surface area contributed by atoms with Gasteiger partial charge in [-0.05, 0) is 47.5 Å². The van der Waals surface area contributed by atoms with Gasteiger partial charge in [-0.2, -0.15) is 10.1 Å². The minimum atomic E-state index is -0.670. The van der Waals surface area contributed by atoms with E-state index in [4.69, 9.17) is 4.42 Å². The molecule has 1 amide bonds. The van der Waals surface area contributed by atoms with Crippen molar-refractivity contribution in [3.05, 3.63) is 112 Å². The van der Waals surface area contributed by atoms with Gasteiger partial charge in [0, 0.05) is 5.56 Å². The molecule has 2 heterocycles. The molecular formula is C25H15FN4O4S. The maximum absolute atomic E-state index is 13.7. The first-order valence-electron chi connectivity index (χ1n) is 10.3. The Kier molecular flexibility index (Phi) is 5.86. The highest BCUT2D eigenvalue weighted by Crippen LogP contribution is 2.31. The van der Waals surface area contributed by atoms with Crippen LogP contribution in [0.3, 0.4) is 0 Å². The van der Waals surface area contributed by atoms with Gasteiger partial charge in [0.1, 0.15) is 10.7 Å². The molecule has 0 atom stereocenters. The first-order chi connectivity index (χ1) is 17.0. The lowest BCUT2D eigenvalue weighted by molar-refractivity contribution is -0.402. The van der Waals surface area contributed by atoms with Crippen molar-refractivity contribution in [3.63, 3.8) is 0 Å². The summed E-state index contributed by atoms with van der Waals surface area (Å²) in [5.41, 5.74) is 2.80. The number of anilines is 1. The van der Waals surface area contributed by atoms with Crippen LogP contribution in [0.2, 0.25) is 0 Å². The molecule has 0 aliphatic heterocycles. The van der Waals surface area contributed by atoms with Gasteiger partial charge in [0.05, 0.1) is 22.5 Å². The maximum atomic E-state index is 13.7. The van der Waals surface area contributed by atoms with E-state index in [1.165, 1.54) is 36.5 Å². The van der Waals surface area contributed by atoms with Gasteiger partial charge in [0.25, 0.3) is 5.91 Å². The van der Waals surface area contributed by atoms with Crippen LogP contribution in [0.4, 0.5) is 15.4 Å². The highest BCUT2D eigenvalue weighted by molar-refractivity contribution is 7.22. The third-order valence-corrected chi connectivity index (χ3v) is 6.04. The number of aromatic nitrogens is 1. The zero-order chi connectivity index (χ0) is 24.4. The molecule has 10 heteroatoms. The largest absolute Gasteiger partial charge is 0.433 e. The van der Waals surface area contributed by atoms with E-state index >= 15 is 0 Å². The van der Waals surface area contributed by atoms with Gasteiger partial charge < -0.3 is 4.42 Å². The van der Waals surface area contributed by atoms with Gasteiger partial charge >= 0.3 is 5.88 Å². The van der Waals surface area contributed by atoms with Crippen molar-refractivity contribution in [2.45, 2.75) is 0 Å². The minimum Gasteiger partial charge on any atom is -0.400 e. The van der Waals surface area contributed by atoms with Gasteiger partial charge in [0.2, 0.25) is 5.13 Å². The predicted molar refractivity (Wildman–Crippen MR) is 131 cm³/mol. The van der Waals surface area contributed by atoms with Crippen molar-refractivity contribution < 1.29 is 18.5 Å². The number of nitro groups is 1. The molecule has 35 heavy (non-hydrogen) atoms. The van der Waals surface area contributed by atoms with E-state index in [9.17, 15) is 19.3 Å². The molecule has 8 nitrogen and oxygen atoms in total. The Morgan fingerprint density at radius 1 is 1.03 bits per heavy atom. The summed E-state index contributed by atoms with van der Waals surface area (Å²) in [5.74, 6) is -1.27. The zero-order valence-electron chi connectivity index (χ0n) is 17.9. The molecule has 0 bridgehead atoms. The van der Waals surface area contributed by atoms with E-state index < -0.39 is 22.5 Å². The number of carbonyl (C=O) groups excluding carboxylic acids is 1. The third kappa shape index (κ3) is 4.68. The summed E-state index contributed by atoms with van der Waals surface area (Å²) >= 11 is 1.09. The highest BCUT2D eigenvalue weighted by atomic mass is 32.1. The molecule has 0 unspecified atom stereocenters. The second kappa shape index (κ2) is 9.27. The summed E-state index contributed by atoms with van der Waals surface area (Å²) < 4.78 is 19.3. The molecular weight excluding hydrogens is 471 g/mol. The quantitative estimate of drug-likeness (QED) is 0.160. The molecule has 0 spiro atoms. The molecule has 0 N–H and O–H groups in total. The molecule has 3 aromatic carbocycles. The topological polar surface area (TPSA) is 102 Å². The molecule has 172 valence electrons. The molecule has 5 aromatic rings. The minimum absolute atomic E-state index is 0.0843. The maximum Gasteiger partial charge on any atom is 0.433 e. The lowest BCUT2D eigenvalue weighted by Crippen LogP contribution is -2.25. The Labute approximate surface area is 201 Å². The van der Waals surface area contributed by atoms with Gasteiger partial charge in [-0.1, -0.05) is 53.8 Å². The number of hydrazone groups is 1. The first-order valence-corrected chi connectivity index (χ1v) is 11.1. The first kappa shape index (κ1) is 22.1. The normalized spacial score (nSPS) is 11.2. The molecule has 0 saturated heterocycles. The van der Waals surface area contributed by atoms with Gasteiger partial charge in [-0.3, -0.25) is 14.9 Å². The van der Waals surface area contributed by atoms with Crippen molar-refractivity contribution >= 4 is 44.7 Å². The average Bonchev–Trinajstić information content (AvgIpc) is 3.52. The Balaban J connectivity index is 1.50. The molecule has 5 rings (SSSR count). The number of hydrogen-bond donors (Lipinski definition) is 0. The van der Waals surface area contributed by atoms with E-state index in [1.807, 2.05) is 42.5 Å². The van der Waals surface area contributed by atoms with E-state index in [0.717, 1.165) is 27.5 Å². The van der Waals surface area contributed by atoms with Gasteiger partial charge in [-0.15, -0.1) is 0 Å². The van der Waals surface area contributed by atoms with Crippen molar-refractivity contribution in [1.29, 1.82) is 0 Å². The predicted octanol–water partition coefficient (Wildman–Crippen LogP) is 6.28. The van der Waals surface area contributed by atoms with Crippen LogP contribution in [0.25, 0.3) is 21.3 Å². The fourth-order valence-electron chi connectivity index (χ4n) is 3.35. The summed E-state index contributed by atoms with van der Waals surface area (Å²) in [6.45, 7) is 0. The monoisotopic (exact) mass is 486 g/mol. The van der Waals surface area contributed by atoms with Crippen LogP contribution in [0.15, 0.2) is 94.4 Å². The molecule has 0 radical (unpaired) electrons. The van der Waals surface area contributed by atoms with E-state index in [-0.39, 0.29) is 10.9 Å². The van der Waals surface area contributed by atoms with E-state index in [2.05, 4.69) is 10.1 Å². The van der Waals surface area contributed by atoms with Crippen LogP contribution in [0.1, 0.15) is 16.1 Å². The fourth-order valence-corrected chi connectivity index (χ4v) is 4.30. The lowest BCUT2D eigenvalue weighted by atomic mass is 10.0. The third-order valence-electron chi connectivity index (χ3n) is 5.04. The Bertz CT molecular complexity index is 1560. The zero-order valence-corrected chi connectivity index (χ0v) is 18.7. The Morgan fingerprint density at radius 2 is 1.77 bits per heavy atom. The molecule has 0 aliphatic carbocycles. The number of hydrogen-bond acceptors (Lipinski definition) is 7. The summed E-state index contributed by atoms with van der Waals surface area (Å²) in [7, 11) is 0. The fraction of sp³-hybridized carbons (Fsp3) is 0. The second-order valence-corrected chi connectivity index (χ2v) is 8.36. The number of nitrogens with zero attached hydrogens (tertiary/aromatic N) is 4. The smallest absolute Gasteiger partial charge is 0.400 e. The van der Waals surface area contributed by atoms with Crippen LogP contribution < -0.4 is 5.01 Å². The Morgan fingerprint density at radius 3 is 2.49 bits per heavy atom. The number of benzene rings is 3. The number of halogens is 1. The second-order valence-electron chi connectivity index (χ2n) is 7.35. The number of thiazole rings is 1. The van der Waals surface area contributed by atoms with Crippen molar-refractivity contribution in [3.8, 4) is 11.1 Å². The highest BCUT2D eigenvalue weighted by Gasteiger charge is 2.22. The van der Waals surface area contributed by atoms with Crippen LogP contribution in [0, 0.1) is 15.9 Å². The van der Waals surface area contributed by atoms with Crippen molar-refractivity contribution in [2.24, 2.45) is 5.10 Å². The average molecular weight is 486 g/mol. The number of furan rings is 1. The molecule has 2 aromatic heterocycles. The summed E-state index contributed by atoms with van der Waals surface area (Å²) in [6, 6.07) is 23.4. The summed E-state index contributed by atoms with van der Waals surface area (Å²) in [4.78, 5) is 28.1. The molecule has 0 aliphatic rings.